The Labute approximate surface area is 106 Å². The van der Waals surface area contributed by atoms with Crippen LogP contribution in [0, 0.1) is 5.92 Å². The second-order valence-electron chi connectivity index (χ2n) is 6.13. The van der Waals surface area contributed by atoms with Crippen LogP contribution in [-0.2, 0) is 4.74 Å². The molecule has 0 bridgehead atoms. The van der Waals surface area contributed by atoms with Crippen molar-refractivity contribution in [2.24, 2.45) is 5.92 Å². The van der Waals surface area contributed by atoms with Crippen LogP contribution < -0.4 is 5.32 Å². The van der Waals surface area contributed by atoms with Gasteiger partial charge in [0, 0.05) is 12.6 Å². The SMILES string of the molecule is CNC(CCN(C)C)C1CCOC2(CCC2)C1. The van der Waals surface area contributed by atoms with E-state index < -0.39 is 0 Å². The first-order valence-electron chi connectivity index (χ1n) is 7.11. The summed E-state index contributed by atoms with van der Waals surface area (Å²) in [6, 6.07) is 0.666. The van der Waals surface area contributed by atoms with E-state index in [1.165, 1.54) is 45.1 Å². The molecule has 2 atom stereocenters. The molecule has 0 aromatic carbocycles. The van der Waals surface area contributed by atoms with Crippen LogP contribution in [0.4, 0.5) is 0 Å². The molecule has 2 aliphatic rings. The van der Waals surface area contributed by atoms with Crippen molar-refractivity contribution in [2.75, 3.05) is 34.3 Å². The Kier molecular flexibility index (Phi) is 4.45. The third-order valence-corrected chi connectivity index (χ3v) is 4.62. The summed E-state index contributed by atoms with van der Waals surface area (Å²) in [5.74, 6) is 0.814. The highest BCUT2D eigenvalue weighted by atomic mass is 16.5. The van der Waals surface area contributed by atoms with Crippen LogP contribution in [0.15, 0.2) is 0 Å². The fraction of sp³-hybridized carbons (Fsp3) is 1.00. The molecule has 0 radical (unpaired) electrons. The summed E-state index contributed by atoms with van der Waals surface area (Å²) in [6.45, 7) is 2.15. The van der Waals surface area contributed by atoms with E-state index >= 15 is 0 Å². The molecule has 1 aliphatic heterocycles. The molecule has 1 spiro atoms. The number of hydrogen-bond acceptors (Lipinski definition) is 3. The van der Waals surface area contributed by atoms with E-state index in [9.17, 15) is 0 Å². The van der Waals surface area contributed by atoms with E-state index in [-0.39, 0.29) is 5.60 Å². The lowest BCUT2D eigenvalue weighted by atomic mass is 9.70. The third-order valence-electron chi connectivity index (χ3n) is 4.62. The molecule has 3 heteroatoms. The summed E-state index contributed by atoms with van der Waals surface area (Å²) in [7, 11) is 6.43. The number of nitrogens with zero attached hydrogens (tertiary/aromatic N) is 1. The van der Waals surface area contributed by atoms with E-state index in [4.69, 9.17) is 4.74 Å². The van der Waals surface area contributed by atoms with Gasteiger partial charge in [-0.1, -0.05) is 0 Å². The fourth-order valence-electron chi connectivity index (χ4n) is 3.34. The number of rotatable bonds is 5. The summed E-state index contributed by atoms with van der Waals surface area (Å²) in [5, 5.41) is 3.53. The first-order valence-corrected chi connectivity index (χ1v) is 7.11. The lowest BCUT2D eigenvalue weighted by molar-refractivity contribution is -0.147. The first kappa shape index (κ1) is 13.3. The molecule has 2 fully saturated rings. The maximum atomic E-state index is 6.01. The van der Waals surface area contributed by atoms with Crippen LogP contribution in [0.3, 0.4) is 0 Å². The standard InChI is InChI=1S/C14H28N2O/c1-15-13(5-9-16(2)3)12-6-10-17-14(11-12)7-4-8-14/h12-13,15H,4-11H2,1-3H3. The van der Waals surface area contributed by atoms with Crippen molar-refractivity contribution in [3.8, 4) is 0 Å². The van der Waals surface area contributed by atoms with Crippen LogP contribution in [0.5, 0.6) is 0 Å². The predicted octanol–water partition coefficient (Wildman–Crippen LogP) is 1.88. The second-order valence-corrected chi connectivity index (χ2v) is 6.13. The van der Waals surface area contributed by atoms with Gasteiger partial charge in [-0.15, -0.1) is 0 Å². The molecular formula is C14H28N2O. The minimum atomic E-state index is 0.288. The molecule has 1 aliphatic carbocycles. The van der Waals surface area contributed by atoms with Gasteiger partial charge in [0.1, 0.15) is 0 Å². The van der Waals surface area contributed by atoms with E-state index in [1.807, 2.05) is 0 Å². The molecule has 100 valence electrons. The smallest absolute Gasteiger partial charge is 0.0685 e. The van der Waals surface area contributed by atoms with Gasteiger partial charge in [-0.25, -0.2) is 0 Å². The highest BCUT2D eigenvalue weighted by Gasteiger charge is 2.43. The molecule has 1 saturated heterocycles. The van der Waals surface area contributed by atoms with E-state index in [0.717, 1.165) is 12.5 Å². The minimum Gasteiger partial charge on any atom is -0.375 e. The summed E-state index contributed by atoms with van der Waals surface area (Å²) < 4.78 is 6.01. The van der Waals surface area contributed by atoms with Crippen molar-refractivity contribution in [1.82, 2.24) is 10.2 Å². The quantitative estimate of drug-likeness (QED) is 0.794. The lowest BCUT2D eigenvalue weighted by Gasteiger charge is -2.49. The second kappa shape index (κ2) is 5.68. The van der Waals surface area contributed by atoms with Crippen molar-refractivity contribution in [3.63, 3.8) is 0 Å². The Morgan fingerprint density at radius 2 is 2.18 bits per heavy atom. The average molecular weight is 240 g/mol. The maximum Gasteiger partial charge on any atom is 0.0685 e. The summed E-state index contributed by atoms with van der Waals surface area (Å²) >= 11 is 0. The molecule has 17 heavy (non-hydrogen) atoms. The highest BCUT2D eigenvalue weighted by molar-refractivity contribution is 4.96. The predicted molar refractivity (Wildman–Crippen MR) is 71.3 cm³/mol. The molecule has 0 amide bonds. The van der Waals surface area contributed by atoms with Crippen molar-refractivity contribution in [2.45, 2.75) is 50.2 Å². The van der Waals surface area contributed by atoms with Crippen LogP contribution >= 0.6 is 0 Å². The van der Waals surface area contributed by atoms with Crippen molar-refractivity contribution < 1.29 is 4.74 Å². The van der Waals surface area contributed by atoms with Crippen LogP contribution in [-0.4, -0.2) is 50.8 Å². The van der Waals surface area contributed by atoms with Crippen LogP contribution in [0.2, 0.25) is 0 Å². The van der Waals surface area contributed by atoms with Crippen molar-refractivity contribution in [3.05, 3.63) is 0 Å². The Hall–Kier alpha value is -0.120. The molecular weight excluding hydrogens is 212 g/mol. The average Bonchev–Trinajstić information content (AvgIpc) is 2.28. The molecule has 3 nitrogen and oxygen atoms in total. The topological polar surface area (TPSA) is 24.5 Å². The van der Waals surface area contributed by atoms with Crippen LogP contribution in [0.1, 0.15) is 38.5 Å². The highest BCUT2D eigenvalue weighted by Crippen LogP contribution is 2.45. The zero-order chi connectivity index (χ0) is 12.3. The lowest BCUT2D eigenvalue weighted by Crippen LogP contribution is -2.50. The number of hydrogen-bond donors (Lipinski definition) is 1. The summed E-state index contributed by atoms with van der Waals surface area (Å²) in [5.41, 5.74) is 0.288. The van der Waals surface area contributed by atoms with Crippen molar-refractivity contribution >= 4 is 0 Å². The van der Waals surface area contributed by atoms with Gasteiger partial charge < -0.3 is 15.0 Å². The van der Waals surface area contributed by atoms with Gasteiger partial charge in [0.25, 0.3) is 0 Å². The van der Waals surface area contributed by atoms with Gasteiger partial charge in [-0.05, 0) is 72.1 Å². The number of ether oxygens (including phenoxy) is 1. The normalized spacial score (nSPS) is 29.3. The fourth-order valence-corrected chi connectivity index (χ4v) is 3.34. The third kappa shape index (κ3) is 3.21. The molecule has 0 aromatic rings. The molecule has 1 N–H and O–H groups in total. The molecule has 2 rings (SSSR count). The molecule has 0 aromatic heterocycles. The van der Waals surface area contributed by atoms with E-state index in [1.54, 1.807) is 0 Å². The van der Waals surface area contributed by atoms with Gasteiger partial charge >= 0.3 is 0 Å². The van der Waals surface area contributed by atoms with Gasteiger partial charge in [0.05, 0.1) is 5.60 Å². The molecule has 1 saturated carbocycles. The zero-order valence-electron chi connectivity index (χ0n) is 11.7. The zero-order valence-corrected chi connectivity index (χ0v) is 11.7. The maximum absolute atomic E-state index is 6.01. The first-order chi connectivity index (χ1) is 8.15. The largest absolute Gasteiger partial charge is 0.375 e. The Morgan fingerprint density at radius 1 is 1.41 bits per heavy atom. The Morgan fingerprint density at radius 3 is 2.71 bits per heavy atom. The van der Waals surface area contributed by atoms with Crippen molar-refractivity contribution in [1.29, 1.82) is 0 Å². The Bertz CT molecular complexity index is 238. The van der Waals surface area contributed by atoms with E-state index in [0.29, 0.717) is 6.04 Å². The monoisotopic (exact) mass is 240 g/mol. The van der Waals surface area contributed by atoms with Gasteiger partial charge in [0.15, 0.2) is 0 Å². The van der Waals surface area contributed by atoms with Crippen LogP contribution in [0.25, 0.3) is 0 Å². The van der Waals surface area contributed by atoms with Gasteiger partial charge in [0.2, 0.25) is 0 Å². The Balaban J connectivity index is 1.85. The summed E-state index contributed by atoms with van der Waals surface area (Å²) in [6.07, 6.45) is 7.74. The number of nitrogens with one attached hydrogen (secondary N) is 1. The van der Waals surface area contributed by atoms with E-state index in [2.05, 4.69) is 31.4 Å². The minimum absolute atomic E-state index is 0.288. The van der Waals surface area contributed by atoms with Gasteiger partial charge in [-0.3, -0.25) is 0 Å². The summed E-state index contributed by atoms with van der Waals surface area (Å²) in [4.78, 5) is 2.28. The molecule has 1 heterocycles. The molecule has 2 unspecified atom stereocenters. The van der Waals surface area contributed by atoms with Gasteiger partial charge in [-0.2, -0.15) is 0 Å².